The lowest BCUT2D eigenvalue weighted by Gasteiger charge is -2.07. The van der Waals surface area contributed by atoms with Crippen LogP contribution >= 0.6 is 0 Å². The molecule has 2 rings (SSSR count). The van der Waals surface area contributed by atoms with Gasteiger partial charge in [0, 0.05) is 12.6 Å². The number of benzene rings is 2. The van der Waals surface area contributed by atoms with E-state index in [2.05, 4.69) is 5.32 Å². The predicted molar refractivity (Wildman–Crippen MR) is 93.0 cm³/mol. The summed E-state index contributed by atoms with van der Waals surface area (Å²) in [5.74, 6) is -0.632. The second kappa shape index (κ2) is 8.63. The van der Waals surface area contributed by atoms with E-state index in [9.17, 15) is 14.0 Å². The van der Waals surface area contributed by atoms with E-state index in [-0.39, 0.29) is 18.3 Å². The second-order valence-electron chi connectivity index (χ2n) is 5.45. The summed E-state index contributed by atoms with van der Waals surface area (Å²) >= 11 is 0. The molecule has 0 aromatic heterocycles. The van der Waals surface area contributed by atoms with Crippen LogP contribution in [-0.2, 0) is 16.1 Å². The van der Waals surface area contributed by atoms with Crippen LogP contribution < -0.4 is 15.8 Å². The summed E-state index contributed by atoms with van der Waals surface area (Å²) in [4.78, 5) is 22.6. The topological polar surface area (TPSA) is 81.4 Å². The van der Waals surface area contributed by atoms with Crippen LogP contribution in [0.5, 0.6) is 5.75 Å². The molecule has 0 saturated heterocycles. The molecule has 2 aromatic rings. The van der Waals surface area contributed by atoms with Gasteiger partial charge in [-0.25, -0.2) is 4.39 Å². The molecule has 6 heteroatoms. The molecule has 3 N–H and O–H groups in total. The van der Waals surface area contributed by atoms with E-state index in [0.29, 0.717) is 23.4 Å². The van der Waals surface area contributed by atoms with Crippen LogP contribution in [0, 0.1) is 5.82 Å². The molecule has 0 aliphatic carbocycles. The summed E-state index contributed by atoms with van der Waals surface area (Å²) in [6.45, 7) is 1.90. The van der Waals surface area contributed by atoms with Crippen LogP contribution in [0.25, 0.3) is 5.57 Å². The van der Waals surface area contributed by atoms with Crippen LogP contribution in [0.15, 0.2) is 54.6 Å². The van der Waals surface area contributed by atoms with Crippen molar-refractivity contribution in [1.82, 2.24) is 5.32 Å². The van der Waals surface area contributed by atoms with Crippen LogP contribution in [-0.4, -0.2) is 18.4 Å². The Morgan fingerprint density at radius 1 is 1.20 bits per heavy atom. The van der Waals surface area contributed by atoms with Crippen LogP contribution in [0.3, 0.4) is 0 Å². The number of carbonyl (C=O) groups is 2. The SMILES string of the molecule is C/C(=C\C(=O)NCc1ccc(OCC(N)=O)cc1)c1cccc(F)c1. The van der Waals surface area contributed by atoms with E-state index >= 15 is 0 Å². The maximum absolute atomic E-state index is 13.2. The predicted octanol–water partition coefficient (Wildman–Crippen LogP) is 2.41. The zero-order chi connectivity index (χ0) is 18.2. The fourth-order valence-electron chi connectivity index (χ4n) is 2.11. The first-order valence-electron chi connectivity index (χ1n) is 7.66. The number of nitrogens with two attached hydrogens (primary N) is 1. The van der Waals surface area contributed by atoms with Crippen molar-refractivity contribution >= 4 is 17.4 Å². The summed E-state index contributed by atoms with van der Waals surface area (Å²) in [5.41, 5.74) is 7.21. The highest BCUT2D eigenvalue weighted by molar-refractivity contribution is 5.94. The highest BCUT2D eigenvalue weighted by atomic mass is 19.1. The maximum atomic E-state index is 13.2. The number of nitrogens with one attached hydrogen (secondary N) is 1. The quantitative estimate of drug-likeness (QED) is 0.758. The smallest absolute Gasteiger partial charge is 0.255 e. The van der Waals surface area contributed by atoms with Crippen molar-refractivity contribution in [2.45, 2.75) is 13.5 Å². The Kier molecular flexibility index (Phi) is 6.28. The summed E-state index contributed by atoms with van der Waals surface area (Å²) in [7, 11) is 0. The summed E-state index contributed by atoms with van der Waals surface area (Å²) in [6.07, 6.45) is 1.43. The first-order valence-corrected chi connectivity index (χ1v) is 7.66. The molecular weight excluding hydrogens is 323 g/mol. The van der Waals surface area contributed by atoms with Crippen molar-refractivity contribution in [2.24, 2.45) is 5.73 Å². The van der Waals surface area contributed by atoms with Gasteiger partial charge >= 0.3 is 0 Å². The number of carbonyl (C=O) groups excluding carboxylic acids is 2. The molecule has 5 nitrogen and oxygen atoms in total. The van der Waals surface area contributed by atoms with Gasteiger partial charge in [0.15, 0.2) is 6.61 Å². The fourth-order valence-corrected chi connectivity index (χ4v) is 2.11. The van der Waals surface area contributed by atoms with Crippen LogP contribution in [0.2, 0.25) is 0 Å². The van der Waals surface area contributed by atoms with Crippen LogP contribution in [0.1, 0.15) is 18.1 Å². The molecule has 0 aliphatic rings. The number of amides is 2. The Balaban J connectivity index is 1.89. The highest BCUT2D eigenvalue weighted by Crippen LogP contribution is 2.15. The third-order valence-corrected chi connectivity index (χ3v) is 3.40. The Bertz CT molecular complexity index is 786. The van der Waals surface area contributed by atoms with E-state index < -0.39 is 5.91 Å². The molecule has 2 aromatic carbocycles. The molecule has 25 heavy (non-hydrogen) atoms. The molecule has 2 amide bonds. The molecule has 0 bridgehead atoms. The average molecular weight is 342 g/mol. The van der Waals surface area contributed by atoms with Gasteiger partial charge in [0.1, 0.15) is 11.6 Å². The number of primary amides is 1. The number of allylic oxidation sites excluding steroid dienone is 1. The summed E-state index contributed by atoms with van der Waals surface area (Å²) < 4.78 is 18.4. The lowest BCUT2D eigenvalue weighted by atomic mass is 10.1. The number of rotatable bonds is 7. The maximum Gasteiger partial charge on any atom is 0.255 e. The molecule has 0 radical (unpaired) electrons. The molecule has 0 fully saturated rings. The van der Waals surface area contributed by atoms with E-state index in [1.54, 1.807) is 43.3 Å². The number of hydrogen-bond acceptors (Lipinski definition) is 3. The number of halogens is 1. The Morgan fingerprint density at radius 3 is 2.56 bits per heavy atom. The van der Waals surface area contributed by atoms with Gasteiger partial charge in [-0.1, -0.05) is 24.3 Å². The zero-order valence-corrected chi connectivity index (χ0v) is 13.8. The lowest BCUT2D eigenvalue weighted by Crippen LogP contribution is -2.21. The fraction of sp³-hybridized carbons (Fsp3) is 0.158. The normalized spacial score (nSPS) is 11.0. The van der Waals surface area contributed by atoms with Gasteiger partial charge < -0.3 is 15.8 Å². The molecule has 130 valence electrons. The molecule has 0 aliphatic heterocycles. The first kappa shape index (κ1) is 18.2. The summed E-state index contributed by atoms with van der Waals surface area (Å²) in [5, 5.41) is 2.76. The molecule has 0 unspecified atom stereocenters. The van der Waals surface area contributed by atoms with Gasteiger partial charge in [-0.3, -0.25) is 9.59 Å². The molecule has 0 atom stereocenters. The van der Waals surface area contributed by atoms with E-state index in [4.69, 9.17) is 10.5 Å². The van der Waals surface area contributed by atoms with Crippen molar-refractivity contribution in [3.8, 4) is 5.75 Å². The molecule has 0 saturated carbocycles. The van der Waals surface area contributed by atoms with Gasteiger partial charge in [0.05, 0.1) is 0 Å². The monoisotopic (exact) mass is 342 g/mol. The minimum absolute atomic E-state index is 0.180. The lowest BCUT2D eigenvalue weighted by molar-refractivity contribution is -0.120. The highest BCUT2D eigenvalue weighted by Gasteiger charge is 2.03. The van der Waals surface area contributed by atoms with Crippen molar-refractivity contribution in [3.05, 3.63) is 71.6 Å². The van der Waals surface area contributed by atoms with Gasteiger partial charge in [-0.2, -0.15) is 0 Å². The third-order valence-electron chi connectivity index (χ3n) is 3.40. The molecular formula is C19H19FN2O3. The largest absolute Gasteiger partial charge is 0.484 e. The number of hydrogen-bond donors (Lipinski definition) is 2. The van der Waals surface area contributed by atoms with E-state index in [0.717, 1.165) is 5.56 Å². The third kappa shape index (κ3) is 6.10. The van der Waals surface area contributed by atoms with Crippen molar-refractivity contribution in [2.75, 3.05) is 6.61 Å². The first-order chi connectivity index (χ1) is 11.9. The van der Waals surface area contributed by atoms with Crippen LogP contribution in [0.4, 0.5) is 4.39 Å². The van der Waals surface area contributed by atoms with E-state index in [1.165, 1.54) is 18.2 Å². The zero-order valence-electron chi connectivity index (χ0n) is 13.8. The number of ether oxygens (including phenoxy) is 1. The molecule has 0 spiro atoms. The Morgan fingerprint density at radius 2 is 1.92 bits per heavy atom. The Hall–Kier alpha value is -3.15. The standard InChI is InChI=1S/C19H19FN2O3/c1-13(15-3-2-4-16(20)10-15)9-19(24)22-11-14-5-7-17(8-6-14)25-12-18(21)23/h2-10H,11-12H2,1H3,(H2,21,23)(H,22,24)/b13-9+. The second-order valence-corrected chi connectivity index (χ2v) is 5.45. The van der Waals surface area contributed by atoms with Crippen molar-refractivity contribution in [1.29, 1.82) is 0 Å². The molecule has 0 heterocycles. The van der Waals surface area contributed by atoms with Gasteiger partial charge in [0.25, 0.3) is 5.91 Å². The van der Waals surface area contributed by atoms with Gasteiger partial charge in [-0.15, -0.1) is 0 Å². The minimum Gasteiger partial charge on any atom is -0.484 e. The summed E-state index contributed by atoms with van der Waals surface area (Å²) in [6, 6.07) is 13.0. The van der Waals surface area contributed by atoms with Gasteiger partial charge in [-0.05, 0) is 47.9 Å². The Labute approximate surface area is 145 Å². The van der Waals surface area contributed by atoms with Crippen molar-refractivity contribution < 1.29 is 18.7 Å². The van der Waals surface area contributed by atoms with Crippen molar-refractivity contribution in [3.63, 3.8) is 0 Å². The van der Waals surface area contributed by atoms with Gasteiger partial charge in [0.2, 0.25) is 5.91 Å². The average Bonchev–Trinajstić information content (AvgIpc) is 2.59. The van der Waals surface area contributed by atoms with E-state index in [1.807, 2.05) is 0 Å². The minimum atomic E-state index is -0.545.